The number of piperazine rings is 1. The molecule has 0 aromatic heterocycles. The quantitative estimate of drug-likeness (QED) is 0.188. The number of anilines is 1. The Labute approximate surface area is 287 Å². The number of nitrogens with one attached hydrogen (secondary N) is 1. The highest BCUT2D eigenvalue weighted by atomic mass is 35.5. The van der Waals surface area contributed by atoms with Crippen LogP contribution < -0.4 is 16.0 Å². The Morgan fingerprint density at radius 2 is 1.65 bits per heavy atom. The van der Waals surface area contributed by atoms with Crippen LogP contribution in [-0.4, -0.2) is 98.0 Å². The van der Waals surface area contributed by atoms with Crippen LogP contribution in [0.25, 0.3) is 0 Å². The number of carbonyl (C=O) groups excluding carboxylic acids is 2. The van der Waals surface area contributed by atoms with Crippen LogP contribution in [0.3, 0.4) is 0 Å². The molecule has 4 bridgehead atoms. The highest BCUT2D eigenvalue weighted by molar-refractivity contribution is 6.33. The molecule has 1 aromatic carbocycles. The fourth-order valence-corrected chi connectivity index (χ4v) is 8.60. The van der Waals surface area contributed by atoms with Gasteiger partial charge in [-0.05, 0) is 88.2 Å². The average molecular weight is 691 g/mol. The summed E-state index contributed by atoms with van der Waals surface area (Å²) in [5.74, 6) is -1.66. The molecule has 5 fully saturated rings. The molecule has 1 aliphatic heterocycles. The number of carbonyl (C=O) groups is 4. The maximum absolute atomic E-state index is 13.6. The molecule has 5 aliphatic rings. The zero-order valence-electron chi connectivity index (χ0n) is 28.2. The Morgan fingerprint density at radius 3 is 2.17 bits per heavy atom. The number of aliphatic carboxylic acids is 2. The summed E-state index contributed by atoms with van der Waals surface area (Å²) < 4.78 is 0. The predicted octanol–water partition coefficient (Wildman–Crippen LogP) is 2.89. The lowest BCUT2D eigenvalue weighted by atomic mass is 9.52. The van der Waals surface area contributed by atoms with Gasteiger partial charge in [-0.15, -0.1) is 0 Å². The van der Waals surface area contributed by atoms with Crippen molar-refractivity contribution in [3.63, 3.8) is 0 Å². The molecule has 0 spiro atoms. The van der Waals surface area contributed by atoms with Gasteiger partial charge in [-0.3, -0.25) is 14.5 Å². The summed E-state index contributed by atoms with van der Waals surface area (Å²) in [4.78, 5) is 49.5. The Morgan fingerprint density at radius 1 is 1.06 bits per heavy atom. The van der Waals surface area contributed by atoms with Crippen molar-refractivity contribution in [2.45, 2.75) is 95.5 Å². The van der Waals surface area contributed by atoms with Gasteiger partial charge in [-0.25, -0.2) is 9.59 Å². The normalized spacial score (nSPS) is 29.7. The van der Waals surface area contributed by atoms with Crippen molar-refractivity contribution < 1.29 is 39.6 Å². The van der Waals surface area contributed by atoms with Gasteiger partial charge in [0.15, 0.2) is 0 Å². The van der Waals surface area contributed by atoms with Gasteiger partial charge in [-0.1, -0.05) is 37.6 Å². The number of carboxylic acid groups (broad SMARTS) is 2. The van der Waals surface area contributed by atoms with Gasteiger partial charge >= 0.3 is 11.9 Å². The monoisotopic (exact) mass is 690 g/mol. The molecule has 0 radical (unpaired) electrons. The standard InChI is InChI=1S/C31H47ClN4O4.C4H4O4/c1-18(2)22(29(39)34-28-20-9-19-10-21(28)14-31(40,12-19)13-20)11-26(37)24(33)15-35-16-27(38)36(17-30(35,3)4)25-8-6-5-7-23(25)32;5-3(6)1-2-4(7)8/h5-8,18-22,24,26,28,37,40H,9-17,33H2,1-4H3,(H,34,39);1-2H,(H,5,6)(H,7,8)/b;2-1+/t19?,20?,21?,22-,24-,26-,28?,31?;/m0./s1. The molecule has 13 heteroatoms. The van der Waals surface area contributed by atoms with Gasteiger partial charge in [0.25, 0.3) is 0 Å². The Bertz CT molecular complexity index is 1350. The van der Waals surface area contributed by atoms with E-state index in [9.17, 15) is 29.4 Å². The zero-order valence-corrected chi connectivity index (χ0v) is 29.0. The van der Waals surface area contributed by atoms with E-state index in [4.69, 9.17) is 27.5 Å². The Kier molecular flexibility index (Phi) is 12.0. The summed E-state index contributed by atoms with van der Waals surface area (Å²) in [6, 6.07) is 6.84. The largest absolute Gasteiger partial charge is 0.478 e. The number of benzene rings is 1. The van der Waals surface area contributed by atoms with Gasteiger partial charge < -0.3 is 36.4 Å². The molecule has 266 valence electrons. The van der Waals surface area contributed by atoms with E-state index in [0.29, 0.717) is 53.7 Å². The SMILES string of the molecule is CC(C)[C@H](C[C@H](O)[C@@H](N)CN1CC(=O)N(c2ccccc2Cl)CC1(C)C)C(=O)NC1C2CC3CC1CC(O)(C3)C2.O=C(O)/C=C/C(=O)O. The summed E-state index contributed by atoms with van der Waals surface area (Å²) >= 11 is 6.38. The molecule has 4 saturated carbocycles. The predicted molar refractivity (Wildman–Crippen MR) is 181 cm³/mol. The van der Waals surface area contributed by atoms with Crippen LogP contribution in [0.1, 0.15) is 66.2 Å². The maximum Gasteiger partial charge on any atom is 0.328 e. The minimum atomic E-state index is -1.26. The number of hydrogen-bond acceptors (Lipinski definition) is 8. The van der Waals surface area contributed by atoms with Gasteiger partial charge in [-0.2, -0.15) is 0 Å². The summed E-state index contributed by atoms with van der Waals surface area (Å²) in [5, 5.41) is 41.6. The number of carboxylic acids is 2. The van der Waals surface area contributed by atoms with E-state index >= 15 is 0 Å². The average Bonchev–Trinajstić information content (AvgIpc) is 2.98. The molecule has 7 N–H and O–H groups in total. The summed E-state index contributed by atoms with van der Waals surface area (Å²) in [6.45, 7) is 9.12. The number of aliphatic hydroxyl groups is 2. The zero-order chi connectivity index (χ0) is 35.6. The van der Waals surface area contributed by atoms with Crippen LogP contribution in [0, 0.1) is 29.6 Å². The molecule has 1 heterocycles. The third kappa shape index (κ3) is 9.15. The Hall–Kier alpha value is -3.03. The second-order valence-corrected chi connectivity index (χ2v) is 15.6. The van der Waals surface area contributed by atoms with Crippen molar-refractivity contribution in [1.29, 1.82) is 0 Å². The highest BCUT2D eigenvalue weighted by Gasteiger charge is 2.55. The van der Waals surface area contributed by atoms with E-state index in [0.717, 1.165) is 32.1 Å². The molecule has 2 amide bonds. The molecular weight excluding hydrogens is 640 g/mol. The van der Waals surface area contributed by atoms with Crippen LogP contribution in [0.5, 0.6) is 0 Å². The third-order valence-corrected chi connectivity index (χ3v) is 11.0. The summed E-state index contributed by atoms with van der Waals surface area (Å²) in [7, 11) is 0. The molecule has 6 rings (SSSR count). The fourth-order valence-electron chi connectivity index (χ4n) is 8.36. The Balaban J connectivity index is 0.000000579. The number of amides is 2. The first-order chi connectivity index (χ1) is 22.4. The molecule has 2 unspecified atom stereocenters. The number of para-hydroxylation sites is 1. The van der Waals surface area contributed by atoms with E-state index in [2.05, 4.69) is 19.2 Å². The van der Waals surface area contributed by atoms with Crippen molar-refractivity contribution >= 4 is 41.0 Å². The second kappa shape index (κ2) is 15.2. The van der Waals surface area contributed by atoms with Crippen LogP contribution in [0.2, 0.25) is 5.02 Å². The maximum atomic E-state index is 13.6. The number of rotatable bonds is 11. The number of halogens is 1. The second-order valence-electron chi connectivity index (χ2n) is 15.2. The van der Waals surface area contributed by atoms with Gasteiger partial charge in [0.1, 0.15) is 0 Å². The van der Waals surface area contributed by atoms with Crippen molar-refractivity contribution in [1.82, 2.24) is 10.2 Å². The lowest BCUT2D eigenvalue weighted by Crippen LogP contribution is -2.64. The molecule has 5 atom stereocenters. The van der Waals surface area contributed by atoms with E-state index in [1.165, 1.54) is 0 Å². The minimum Gasteiger partial charge on any atom is -0.478 e. The summed E-state index contributed by atoms with van der Waals surface area (Å²) in [6.07, 6.45) is 5.15. The van der Waals surface area contributed by atoms with Crippen molar-refractivity contribution in [2.24, 2.45) is 35.3 Å². The lowest BCUT2D eigenvalue weighted by molar-refractivity contribution is -0.149. The molecule has 48 heavy (non-hydrogen) atoms. The van der Waals surface area contributed by atoms with Crippen LogP contribution >= 0.6 is 11.6 Å². The summed E-state index contributed by atoms with van der Waals surface area (Å²) in [5.41, 5.74) is 6.31. The fraction of sp³-hybridized carbons (Fsp3) is 0.657. The molecule has 4 aliphatic carbocycles. The van der Waals surface area contributed by atoms with Crippen molar-refractivity contribution in [3.8, 4) is 0 Å². The van der Waals surface area contributed by atoms with Crippen LogP contribution in [-0.2, 0) is 19.2 Å². The number of nitrogens with zero attached hydrogens (tertiary/aromatic N) is 2. The highest BCUT2D eigenvalue weighted by Crippen LogP contribution is 2.55. The third-order valence-electron chi connectivity index (χ3n) is 10.7. The first-order valence-corrected chi connectivity index (χ1v) is 17.2. The van der Waals surface area contributed by atoms with Gasteiger partial charge in [0.05, 0.1) is 29.0 Å². The first kappa shape index (κ1) is 37.8. The van der Waals surface area contributed by atoms with Crippen molar-refractivity contribution in [3.05, 3.63) is 41.4 Å². The van der Waals surface area contributed by atoms with Crippen LogP contribution in [0.4, 0.5) is 5.69 Å². The van der Waals surface area contributed by atoms with E-state index < -0.39 is 29.7 Å². The topological polar surface area (TPSA) is 194 Å². The van der Waals surface area contributed by atoms with E-state index in [1.54, 1.807) is 11.0 Å². The van der Waals surface area contributed by atoms with Gasteiger partial charge in [0, 0.05) is 48.8 Å². The molecular formula is C35H51ClN4O8. The van der Waals surface area contributed by atoms with Crippen LogP contribution in [0.15, 0.2) is 36.4 Å². The van der Waals surface area contributed by atoms with Gasteiger partial charge in [0.2, 0.25) is 11.8 Å². The molecule has 12 nitrogen and oxygen atoms in total. The number of aliphatic hydroxyl groups excluding tert-OH is 1. The molecule has 1 aromatic rings. The number of nitrogens with two attached hydrogens (primary N) is 1. The van der Waals surface area contributed by atoms with Crippen molar-refractivity contribution in [2.75, 3.05) is 24.5 Å². The smallest absolute Gasteiger partial charge is 0.328 e. The molecule has 1 saturated heterocycles. The minimum absolute atomic E-state index is 0.0189. The lowest BCUT2D eigenvalue weighted by Gasteiger charge is -2.58. The number of hydrogen-bond donors (Lipinski definition) is 6. The van der Waals surface area contributed by atoms with E-state index in [1.807, 2.05) is 36.9 Å². The first-order valence-electron chi connectivity index (χ1n) is 16.8. The van der Waals surface area contributed by atoms with E-state index in [-0.39, 0.29) is 48.2 Å².